The van der Waals surface area contributed by atoms with Crippen LogP contribution in [-0.4, -0.2) is 18.1 Å². The van der Waals surface area contributed by atoms with Gasteiger partial charge in [0.25, 0.3) is 5.56 Å². The summed E-state index contributed by atoms with van der Waals surface area (Å²) in [5.74, 6) is -0.908. The van der Waals surface area contributed by atoms with Gasteiger partial charge in [0, 0.05) is 10.9 Å². The summed E-state index contributed by atoms with van der Waals surface area (Å²) < 4.78 is 5.00. The zero-order chi connectivity index (χ0) is 11.7. The number of ether oxygens (including phenoxy) is 1. The quantitative estimate of drug-likeness (QED) is 0.763. The van der Waals surface area contributed by atoms with Gasteiger partial charge in [0.2, 0.25) is 0 Å². The molecule has 1 heterocycles. The fraction of sp³-hybridized carbons (Fsp3) is 0.0909. The number of carboxylic acid groups (broad SMARTS) is 1. The van der Waals surface area contributed by atoms with Gasteiger partial charge in [-0.1, -0.05) is 0 Å². The number of carbonyl (C=O) groups excluding carboxylic acids is 1. The van der Waals surface area contributed by atoms with Crippen molar-refractivity contribution in [2.45, 2.75) is 0 Å². The Morgan fingerprint density at radius 1 is 1.38 bits per heavy atom. The SMILES string of the molecule is COc1ccc2[nH]c(=O)c(C(=O)[O-])cc2c1. The summed E-state index contributed by atoms with van der Waals surface area (Å²) in [6.45, 7) is 0. The lowest BCUT2D eigenvalue weighted by molar-refractivity contribution is -0.255. The number of fused-ring (bicyclic) bond motifs is 1. The fourth-order valence-electron chi connectivity index (χ4n) is 1.46. The maximum atomic E-state index is 11.3. The van der Waals surface area contributed by atoms with Crippen molar-refractivity contribution in [3.05, 3.63) is 40.2 Å². The normalized spacial score (nSPS) is 10.3. The van der Waals surface area contributed by atoms with Crippen LogP contribution in [0.2, 0.25) is 0 Å². The van der Waals surface area contributed by atoms with Crippen LogP contribution in [0, 0.1) is 0 Å². The van der Waals surface area contributed by atoms with Crippen molar-refractivity contribution >= 4 is 16.9 Å². The smallest absolute Gasteiger partial charge is 0.257 e. The summed E-state index contributed by atoms with van der Waals surface area (Å²) in [4.78, 5) is 24.4. The molecule has 2 rings (SSSR count). The van der Waals surface area contributed by atoms with Crippen molar-refractivity contribution in [2.24, 2.45) is 0 Å². The first-order valence-electron chi connectivity index (χ1n) is 4.54. The molecule has 1 N–H and O–H groups in total. The standard InChI is InChI=1S/C11H9NO4/c1-16-7-2-3-9-6(4-7)5-8(11(14)15)10(13)12-9/h2-5H,1H3,(H,12,13)(H,14,15)/p-1. The van der Waals surface area contributed by atoms with Crippen molar-refractivity contribution in [3.63, 3.8) is 0 Å². The second kappa shape index (κ2) is 3.69. The number of carboxylic acids is 1. The number of nitrogens with one attached hydrogen (secondary N) is 1. The lowest BCUT2D eigenvalue weighted by Gasteiger charge is -2.05. The van der Waals surface area contributed by atoms with Crippen molar-refractivity contribution in [1.82, 2.24) is 4.98 Å². The topological polar surface area (TPSA) is 82.2 Å². The van der Waals surface area contributed by atoms with Crippen molar-refractivity contribution in [2.75, 3.05) is 7.11 Å². The predicted molar refractivity (Wildman–Crippen MR) is 55.5 cm³/mol. The number of rotatable bonds is 2. The zero-order valence-corrected chi connectivity index (χ0v) is 8.44. The second-order valence-electron chi connectivity index (χ2n) is 3.25. The van der Waals surface area contributed by atoms with Gasteiger partial charge < -0.3 is 19.6 Å². The highest BCUT2D eigenvalue weighted by Crippen LogP contribution is 2.18. The molecular weight excluding hydrogens is 210 g/mol. The molecule has 0 aliphatic heterocycles. The van der Waals surface area contributed by atoms with Crippen molar-refractivity contribution in [1.29, 1.82) is 0 Å². The molecule has 0 amide bonds. The molecule has 5 heteroatoms. The summed E-state index contributed by atoms with van der Waals surface area (Å²) in [5.41, 5.74) is -0.505. The molecule has 0 aliphatic rings. The van der Waals surface area contributed by atoms with E-state index in [0.717, 1.165) is 0 Å². The largest absolute Gasteiger partial charge is 0.545 e. The first kappa shape index (κ1) is 10.2. The zero-order valence-electron chi connectivity index (χ0n) is 8.44. The number of hydrogen-bond acceptors (Lipinski definition) is 4. The minimum Gasteiger partial charge on any atom is -0.545 e. The van der Waals surface area contributed by atoms with E-state index in [4.69, 9.17) is 4.74 Å². The lowest BCUT2D eigenvalue weighted by Crippen LogP contribution is -2.29. The Morgan fingerprint density at radius 3 is 2.75 bits per heavy atom. The molecule has 0 atom stereocenters. The number of pyridine rings is 1. The molecule has 2 aromatic rings. The van der Waals surface area contributed by atoms with E-state index in [-0.39, 0.29) is 5.56 Å². The first-order chi connectivity index (χ1) is 7.61. The average Bonchev–Trinajstić information content (AvgIpc) is 2.27. The molecule has 1 aromatic carbocycles. The number of aromatic carboxylic acids is 1. The number of hydrogen-bond donors (Lipinski definition) is 1. The summed E-state index contributed by atoms with van der Waals surface area (Å²) in [7, 11) is 1.51. The number of aromatic nitrogens is 1. The lowest BCUT2D eigenvalue weighted by atomic mass is 10.1. The van der Waals surface area contributed by atoms with Gasteiger partial charge in [0.15, 0.2) is 0 Å². The molecule has 0 radical (unpaired) electrons. The van der Waals surface area contributed by atoms with Gasteiger partial charge in [0.05, 0.1) is 18.6 Å². The van der Waals surface area contributed by atoms with Crippen LogP contribution in [0.5, 0.6) is 5.75 Å². The molecule has 0 spiro atoms. The predicted octanol–water partition coefficient (Wildman–Crippen LogP) is -0.0998. The van der Waals surface area contributed by atoms with Gasteiger partial charge in [-0.05, 0) is 24.3 Å². The Labute approximate surface area is 90.3 Å². The summed E-state index contributed by atoms with van der Waals surface area (Å²) in [5, 5.41) is 11.2. The van der Waals surface area contributed by atoms with Crippen LogP contribution >= 0.6 is 0 Å². The van der Waals surface area contributed by atoms with E-state index in [1.165, 1.54) is 13.2 Å². The maximum Gasteiger partial charge on any atom is 0.257 e. The number of H-pyrrole nitrogens is 1. The minimum atomic E-state index is -1.49. The van der Waals surface area contributed by atoms with Crippen LogP contribution in [0.1, 0.15) is 10.4 Å². The highest BCUT2D eigenvalue weighted by molar-refractivity contribution is 5.91. The minimum absolute atomic E-state index is 0.388. The molecular formula is C11H8NO4-. The van der Waals surface area contributed by atoms with Crippen LogP contribution in [0.4, 0.5) is 0 Å². The van der Waals surface area contributed by atoms with Gasteiger partial charge in [-0.3, -0.25) is 4.79 Å². The van der Waals surface area contributed by atoms with E-state index < -0.39 is 11.5 Å². The molecule has 0 saturated heterocycles. The fourth-order valence-corrected chi connectivity index (χ4v) is 1.46. The Hall–Kier alpha value is -2.30. The third kappa shape index (κ3) is 1.63. The maximum absolute atomic E-state index is 11.3. The highest BCUT2D eigenvalue weighted by atomic mass is 16.5. The first-order valence-corrected chi connectivity index (χ1v) is 4.54. The number of methoxy groups -OCH3 is 1. The van der Waals surface area contributed by atoms with Gasteiger partial charge in [-0.25, -0.2) is 0 Å². The monoisotopic (exact) mass is 218 g/mol. The Bertz CT molecular complexity index is 615. The Kier molecular flexibility index (Phi) is 2.36. The van der Waals surface area contributed by atoms with Gasteiger partial charge in [-0.15, -0.1) is 0 Å². The van der Waals surface area contributed by atoms with Crippen LogP contribution in [-0.2, 0) is 0 Å². The van der Waals surface area contributed by atoms with E-state index >= 15 is 0 Å². The number of carbonyl (C=O) groups is 1. The van der Waals surface area contributed by atoms with Crippen molar-refractivity contribution in [3.8, 4) is 5.75 Å². The van der Waals surface area contributed by atoms with Crippen LogP contribution < -0.4 is 15.4 Å². The van der Waals surface area contributed by atoms with E-state index in [1.54, 1.807) is 18.2 Å². The molecule has 82 valence electrons. The van der Waals surface area contributed by atoms with Gasteiger partial charge in [-0.2, -0.15) is 0 Å². The third-order valence-corrected chi connectivity index (χ3v) is 2.27. The van der Waals surface area contributed by atoms with E-state index in [1.807, 2.05) is 0 Å². The van der Waals surface area contributed by atoms with Gasteiger partial charge >= 0.3 is 0 Å². The third-order valence-electron chi connectivity index (χ3n) is 2.27. The number of aromatic amines is 1. The van der Waals surface area contributed by atoms with Crippen LogP contribution in [0.25, 0.3) is 10.9 Å². The van der Waals surface area contributed by atoms with Crippen molar-refractivity contribution < 1.29 is 14.6 Å². The van der Waals surface area contributed by atoms with Crippen LogP contribution in [0.15, 0.2) is 29.1 Å². The highest BCUT2D eigenvalue weighted by Gasteiger charge is 2.04. The molecule has 1 aromatic heterocycles. The average molecular weight is 218 g/mol. The summed E-state index contributed by atoms with van der Waals surface area (Å²) in [6, 6.07) is 6.23. The molecule has 0 fully saturated rings. The molecule has 16 heavy (non-hydrogen) atoms. The van der Waals surface area contributed by atoms with Gasteiger partial charge in [0.1, 0.15) is 5.75 Å². The molecule has 0 aliphatic carbocycles. The Morgan fingerprint density at radius 2 is 2.12 bits per heavy atom. The van der Waals surface area contributed by atoms with E-state index in [2.05, 4.69) is 4.98 Å². The Balaban J connectivity index is 2.75. The second-order valence-corrected chi connectivity index (χ2v) is 3.25. The summed E-state index contributed by atoms with van der Waals surface area (Å²) in [6.07, 6.45) is 0. The number of benzene rings is 1. The van der Waals surface area contributed by atoms with Crippen LogP contribution in [0.3, 0.4) is 0 Å². The molecule has 0 bridgehead atoms. The summed E-state index contributed by atoms with van der Waals surface area (Å²) >= 11 is 0. The molecule has 5 nitrogen and oxygen atoms in total. The van der Waals surface area contributed by atoms with E-state index in [9.17, 15) is 14.7 Å². The molecule has 0 unspecified atom stereocenters. The molecule has 0 saturated carbocycles. The van der Waals surface area contributed by atoms with E-state index in [0.29, 0.717) is 16.7 Å².